The predicted octanol–water partition coefficient (Wildman–Crippen LogP) is 3.47. The summed E-state index contributed by atoms with van der Waals surface area (Å²) in [4.78, 5) is 16.8. The van der Waals surface area contributed by atoms with Crippen LogP contribution in [0.2, 0.25) is 0 Å². The molecular formula is C13H18N4O2. The molecule has 0 saturated carbocycles. The number of benzene rings is 1. The number of ether oxygens (including phenoxy) is 1. The van der Waals surface area contributed by atoms with Gasteiger partial charge in [-0.15, -0.1) is 0 Å². The third-order valence-corrected chi connectivity index (χ3v) is 2.88. The zero-order chi connectivity index (χ0) is 14.3. The summed E-state index contributed by atoms with van der Waals surface area (Å²) in [7, 11) is 0. The second kappa shape index (κ2) is 7.41. The van der Waals surface area contributed by atoms with Crippen LogP contribution in [0.1, 0.15) is 31.1 Å². The van der Waals surface area contributed by atoms with Gasteiger partial charge in [-0.3, -0.25) is 4.90 Å². The topological polar surface area (TPSA) is 78.3 Å². The Balaban J connectivity index is 2.86. The number of hydrogen-bond donors (Lipinski definition) is 0. The molecule has 0 spiro atoms. The van der Waals surface area contributed by atoms with Gasteiger partial charge in [-0.2, -0.15) is 0 Å². The fraction of sp³-hybridized carbons (Fsp3) is 0.462. The minimum absolute atomic E-state index is 0.277. The highest BCUT2D eigenvalue weighted by Gasteiger charge is 2.18. The summed E-state index contributed by atoms with van der Waals surface area (Å²) < 4.78 is 5.37. The van der Waals surface area contributed by atoms with Gasteiger partial charge in [0.1, 0.15) is 0 Å². The maximum atomic E-state index is 12.1. The van der Waals surface area contributed by atoms with Crippen molar-refractivity contribution in [3.05, 3.63) is 40.3 Å². The fourth-order valence-electron chi connectivity index (χ4n) is 1.81. The molecule has 0 saturated heterocycles. The smallest absolute Gasteiger partial charge is 0.340 e. The molecule has 0 bridgehead atoms. The van der Waals surface area contributed by atoms with E-state index in [4.69, 9.17) is 10.3 Å². The van der Waals surface area contributed by atoms with Crippen LogP contribution in [-0.2, 0) is 4.74 Å². The zero-order valence-corrected chi connectivity index (χ0v) is 11.4. The van der Waals surface area contributed by atoms with E-state index in [1.807, 2.05) is 25.7 Å². The van der Waals surface area contributed by atoms with Crippen LogP contribution in [0.5, 0.6) is 0 Å². The van der Waals surface area contributed by atoms with Crippen molar-refractivity contribution in [1.29, 1.82) is 0 Å². The number of azide groups is 1. The van der Waals surface area contributed by atoms with Gasteiger partial charge in [0.2, 0.25) is 0 Å². The van der Waals surface area contributed by atoms with Crippen molar-refractivity contribution >= 4 is 11.7 Å². The monoisotopic (exact) mass is 262 g/mol. The maximum Gasteiger partial charge on any atom is 0.340 e. The molecule has 6 heteroatoms. The van der Waals surface area contributed by atoms with E-state index in [2.05, 4.69) is 10.0 Å². The van der Waals surface area contributed by atoms with E-state index in [9.17, 15) is 4.79 Å². The lowest BCUT2D eigenvalue weighted by Gasteiger charge is -2.26. The van der Waals surface area contributed by atoms with E-state index in [1.165, 1.54) is 0 Å². The van der Waals surface area contributed by atoms with Crippen molar-refractivity contribution < 1.29 is 9.53 Å². The van der Waals surface area contributed by atoms with Crippen molar-refractivity contribution in [2.24, 2.45) is 5.11 Å². The molecule has 19 heavy (non-hydrogen) atoms. The van der Waals surface area contributed by atoms with E-state index in [0.29, 0.717) is 0 Å². The quantitative estimate of drug-likeness (QED) is 0.259. The second-order valence-electron chi connectivity index (χ2n) is 3.93. The molecule has 1 unspecified atom stereocenters. The maximum absolute atomic E-state index is 12.1. The molecule has 102 valence electrons. The van der Waals surface area contributed by atoms with E-state index in [-0.39, 0.29) is 17.5 Å². The van der Waals surface area contributed by atoms with Gasteiger partial charge < -0.3 is 4.74 Å². The van der Waals surface area contributed by atoms with Gasteiger partial charge in [0.15, 0.2) is 6.23 Å². The van der Waals surface area contributed by atoms with Crippen LogP contribution in [0, 0.1) is 0 Å². The molecule has 0 fully saturated rings. The number of rotatable bonds is 6. The first kappa shape index (κ1) is 15.0. The average Bonchev–Trinajstić information content (AvgIpc) is 2.41. The highest BCUT2D eigenvalue weighted by atomic mass is 16.6. The van der Waals surface area contributed by atoms with Crippen LogP contribution in [0.4, 0.5) is 5.69 Å². The third kappa shape index (κ3) is 3.98. The first-order valence-electron chi connectivity index (χ1n) is 6.23. The second-order valence-corrected chi connectivity index (χ2v) is 3.93. The van der Waals surface area contributed by atoms with Crippen LogP contribution >= 0.6 is 0 Å². The van der Waals surface area contributed by atoms with Crippen molar-refractivity contribution in [2.45, 2.75) is 27.0 Å². The van der Waals surface area contributed by atoms with Gasteiger partial charge in [0.25, 0.3) is 0 Å². The molecule has 0 aromatic heterocycles. The summed E-state index contributed by atoms with van der Waals surface area (Å²) in [5.74, 6) is -0.484. The summed E-state index contributed by atoms with van der Waals surface area (Å²) in [6, 6.07) is 6.57. The largest absolute Gasteiger partial charge is 0.443 e. The molecule has 0 heterocycles. The summed E-state index contributed by atoms with van der Waals surface area (Å²) in [5, 5.41) is 3.49. The average molecular weight is 262 g/mol. The summed E-state index contributed by atoms with van der Waals surface area (Å²) in [6.45, 7) is 7.41. The minimum Gasteiger partial charge on any atom is -0.443 e. The molecule has 1 rings (SSSR count). The van der Waals surface area contributed by atoms with E-state index < -0.39 is 5.97 Å². The number of nitrogens with zero attached hydrogens (tertiary/aromatic N) is 4. The van der Waals surface area contributed by atoms with Crippen molar-refractivity contribution in [1.82, 2.24) is 4.90 Å². The molecule has 0 radical (unpaired) electrons. The molecule has 1 atom stereocenters. The minimum atomic E-state index is -0.484. The molecule has 0 aliphatic carbocycles. The number of carbonyl (C=O) groups excluding carboxylic acids is 1. The fourth-order valence-corrected chi connectivity index (χ4v) is 1.81. The molecule has 0 amide bonds. The normalized spacial score (nSPS) is 11.8. The van der Waals surface area contributed by atoms with E-state index in [0.717, 1.165) is 13.1 Å². The molecule has 0 aliphatic heterocycles. The standard InChI is InChI=1S/C13H18N4O2/c1-4-17(5-2)10(3)19-13(18)11-8-6-7-9-12(11)15-16-14/h6-10H,4-5H2,1-3H3. The molecule has 6 nitrogen and oxygen atoms in total. The number of carbonyl (C=O) groups is 1. The lowest BCUT2D eigenvalue weighted by atomic mass is 10.2. The van der Waals surface area contributed by atoms with Gasteiger partial charge >= 0.3 is 5.97 Å². The molecule has 0 N–H and O–H groups in total. The Morgan fingerprint density at radius 3 is 2.63 bits per heavy atom. The predicted molar refractivity (Wildman–Crippen MR) is 73.0 cm³/mol. The van der Waals surface area contributed by atoms with Gasteiger partial charge in [-0.05, 0) is 31.6 Å². The molecule has 0 aliphatic rings. The Morgan fingerprint density at radius 2 is 2.05 bits per heavy atom. The van der Waals surface area contributed by atoms with Gasteiger partial charge in [-0.25, -0.2) is 4.79 Å². The lowest BCUT2D eigenvalue weighted by Crippen LogP contribution is -2.36. The Labute approximate surface area is 112 Å². The summed E-state index contributed by atoms with van der Waals surface area (Å²) in [5.41, 5.74) is 9.03. The number of esters is 1. The highest BCUT2D eigenvalue weighted by Crippen LogP contribution is 2.20. The highest BCUT2D eigenvalue weighted by molar-refractivity contribution is 5.94. The first-order chi connectivity index (χ1) is 9.13. The zero-order valence-electron chi connectivity index (χ0n) is 11.4. The first-order valence-corrected chi connectivity index (χ1v) is 6.23. The Hall–Kier alpha value is -2.04. The SMILES string of the molecule is CCN(CC)C(C)OC(=O)c1ccccc1N=[N+]=[N-]. The van der Waals surface area contributed by atoms with Crippen LogP contribution in [0.25, 0.3) is 10.4 Å². The van der Waals surface area contributed by atoms with Crippen LogP contribution in [-0.4, -0.2) is 30.2 Å². The summed E-state index contributed by atoms with van der Waals surface area (Å²) in [6.07, 6.45) is -0.318. The van der Waals surface area contributed by atoms with E-state index >= 15 is 0 Å². The van der Waals surface area contributed by atoms with Crippen molar-refractivity contribution in [2.75, 3.05) is 13.1 Å². The van der Waals surface area contributed by atoms with Gasteiger partial charge in [-0.1, -0.05) is 37.2 Å². The Bertz CT molecular complexity index is 479. The Kier molecular flexibility index (Phi) is 5.85. The molecule has 1 aromatic carbocycles. The van der Waals surface area contributed by atoms with Gasteiger partial charge in [0, 0.05) is 4.91 Å². The van der Waals surface area contributed by atoms with Crippen LogP contribution < -0.4 is 0 Å². The molecular weight excluding hydrogens is 244 g/mol. The van der Waals surface area contributed by atoms with Crippen LogP contribution in [0.15, 0.2) is 29.4 Å². The van der Waals surface area contributed by atoms with Crippen molar-refractivity contribution in [3.63, 3.8) is 0 Å². The third-order valence-electron chi connectivity index (χ3n) is 2.88. The number of hydrogen-bond acceptors (Lipinski definition) is 4. The lowest BCUT2D eigenvalue weighted by molar-refractivity contribution is -0.0196. The molecule has 1 aromatic rings. The summed E-state index contributed by atoms with van der Waals surface area (Å²) >= 11 is 0. The van der Waals surface area contributed by atoms with Crippen LogP contribution in [0.3, 0.4) is 0 Å². The van der Waals surface area contributed by atoms with Gasteiger partial charge in [0.05, 0.1) is 11.3 Å². The Morgan fingerprint density at radius 1 is 1.42 bits per heavy atom. The van der Waals surface area contributed by atoms with Crippen molar-refractivity contribution in [3.8, 4) is 0 Å². The van der Waals surface area contributed by atoms with E-state index in [1.54, 1.807) is 24.3 Å².